The predicted molar refractivity (Wildman–Crippen MR) is 110 cm³/mol. The summed E-state index contributed by atoms with van der Waals surface area (Å²) in [5.41, 5.74) is 2.15. The number of para-hydroxylation sites is 1. The number of anilines is 1. The van der Waals surface area contributed by atoms with Crippen LogP contribution in [-0.4, -0.2) is 22.2 Å². The number of halogens is 1. The molecule has 0 saturated heterocycles. The number of nitrogens with one attached hydrogen (secondary N) is 1. The minimum atomic E-state index is -0.869. The third-order valence-corrected chi connectivity index (χ3v) is 4.37. The average Bonchev–Trinajstić information content (AvgIpc) is 3.27. The van der Waals surface area contributed by atoms with Crippen LogP contribution in [0.5, 0.6) is 5.75 Å². The van der Waals surface area contributed by atoms with Crippen LogP contribution < -0.4 is 10.1 Å². The molecular formula is C23H18FN3O3. The van der Waals surface area contributed by atoms with Crippen LogP contribution in [0.15, 0.2) is 83.4 Å². The second kappa shape index (κ2) is 8.57. The predicted octanol–water partition coefficient (Wildman–Crippen LogP) is 4.95. The fraction of sp³-hybridized carbons (Fsp3) is 0.0870. The number of hydrogen-bond donors (Lipinski definition) is 1. The maximum absolute atomic E-state index is 13.7. The second-order valence-electron chi connectivity index (χ2n) is 6.55. The molecule has 1 atom stereocenters. The van der Waals surface area contributed by atoms with Crippen molar-refractivity contribution in [2.45, 2.75) is 13.0 Å². The normalized spacial score (nSPS) is 11.7. The molecule has 0 aliphatic carbocycles. The van der Waals surface area contributed by atoms with Crippen LogP contribution in [0, 0.1) is 5.82 Å². The summed E-state index contributed by atoms with van der Waals surface area (Å²) in [5, 5.41) is 6.74. The van der Waals surface area contributed by atoms with E-state index in [9.17, 15) is 9.18 Å². The van der Waals surface area contributed by atoms with Crippen molar-refractivity contribution < 1.29 is 18.4 Å². The lowest BCUT2D eigenvalue weighted by atomic mass is 10.2. The summed E-state index contributed by atoms with van der Waals surface area (Å²) >= 11 is 0. The van der Waals surface area contributed by atoms with Crippen molar-refractivity contribution in [1.29, 1.82) is 0 Å². The first-order valence-electron chi connectivity index (χ1n) is 9.32. The number of amides is 1. The summed E-state index contributed by atoms with van der Waals surface area (Å²) in [5.74, 6) is -0.00252. The SMILES string of the molecule is CC(Oc1ccccc1F)C(=O)Nc1ccc(-c2nc(-c3ccccc3)no2)cc1. The van der Waals surface area contributed by atoms with Gasteiger partial charge in [-0.25, -0.2) is 4.39 Å². The molecular weight excluding hydrogens is 385 g/mol. The van der Waals surface area contributed by atoms with Gasteiger partial charge in [-0.15, -0.1) is 0 Å². The van der Waals surface area contributed by atoms with E-state index in [2.05, 4.69) is 15.5 Å². The molecule has 0 saturated carbocycles. The first-order valence-corrected chi connectivity index (χ1v) is 9.32. The smallest absolute Gasteiger partial charge is 0.265 e. The zero-order valence-corrected chi connectivity index (χ0v) is 16.1. The molecule has 1 amide bonds. The van der Waals surface area contributed by atoms with Gasteiger partial charge < -0.3 is 14.6 Å². The lowest BCUT2D eigenvalue weighted by molar-refractivity contribution is -0.122. The number of benzene rings is 3. The van der Waals surface area contributed by atoms with Crippen LogP contribution in [0.4, 0.5) is 10.1 Å². The highest BCUT2D eigenvalue weighted by Crippen LogP contribution is 2.24. The van der Waals surface area contributed by atoms with Crippen molar-refractivity contribution >= 4 is 11.6 Å². The molecule has 4 rings (SSSR count). The molecule has 30 heavy (non-hydrogen) atoms. The lowest BCUT2D eigenvalue weighted by Crippen LogP contribution is -2.30. The molecule has 1 aromatic heterocycles. The van der Waals surface area contributed by atoms with Crippen molar-refractivity contribution in [3.05, 3.63) is 84.7 Å². The number of rotatable bonds is 6. The first kappa shape index (κ1) is 19.3. The number of hydrogen-bond acceptors (Lipinski definition) is 5. The molecule has 0 fully saturated rings. The van der Waals surface area contributed by atoms with Crippen molar-refractivity contribution in [3.8, 4) is 28.6 Å². The average molecular weight is 403 g/mol. The van der Waals surface area contributed by atoms with Crippen LogP contribution >= 0.6 is 0 Å². The molecule has 1 unspecified atom stereocenters. The largest absolute Gasteiger partial charge is 0.478 e. The van der Waals surface area contributed by atoms with Gasteiger partial charge in [0.1, 0.15) is 0 Å². The molecule has 0 bridgehead atoms. The van der Waals surface area contributed by atoms with Crippen molar-refractivity contribution in [1.82, 2.24) is 10.1 Å². The maximum atomic E-state index is 13.7. The van der Waals surface area contributed by atoms with Gasteiger partial charge in [0.2, 0.25) is 5.82 Å². The molecule has 1 N–H and O–H groups in total. The molecule has 4 aromatic rings. The monoisotopic (exact) mass is 403 g/mol. The van der Waals surface area contributed by atoms with Crippen LogP contribution in [0.3, 0.4) is 0 Å². The van der Waals surface area contributed by atoms with Crippen LogP contribution in [0.25, 0.3) is 22.8 Å². The minimum absolute atomic E-state index is 0.0288. The van der Waals surface area contributed by atoms with Crippen molar-refractivity contribution in [3.63, 3.8) is 0 Å². The quantitative estimate of drug-likeness (QED) is 0.493. The fourth-order valence-corrected chi connectivity index (χ4v) is 2.77. The Morgan fingerprint density at radius 1 is 0.967 bits per heavy atom. The van der Waals surface area contributed by atoms with Crippen molar-refractivity contribution in [2.75, 3.05) is 5.32 Å². The highest BCUT2D eigenvalue weighted by molar-refractivity contribution is 5.94. The minimum Gasteiger partial charge on any atom is -0.478 e. The Morgan fingerprint density at radius 3 is 2.40 bits per heavy atom. The summed E-state index contributed by atoms with van der Waals surface area (Å²) < 4.78 is 24.4. The summed E-state index contributed by atoms with van der Waals surface area (Å²) in [6.07, 6.45) is -0.869. The third-order valence-electron chi connectivity index (χ3n) is 4.37. The van der Waals surface area contributed by atoms with Gasteiger partial charge in [0.05, 0.1) is 0 Å². The molecule has 0 aliphatic rings. The Morgan fingerprint density at radius 2 is 1.67 bits per heavy atom. The molecule has 150 valence electrons. The van der Waals surface area contributed by atoms with E-state index in [4.69, 9.17) is 9.26 Å². The molecule has 0 spiro atoms. The van der Waals surface area contributed by atoms with Crippen LogP contribution in [0.2, 0.25) is 0 Å². The Labute approximate surface area is 172 Å². The van der Waals surface area contributed by atoms with E-state index in [-0.39, 0.29) is 5.75 Å². The van der Waals surface area contributed by atoms with E-state index in [1.165, 1.54) is 12.1 Å². The first-order chi connectivity index (χ1) is 14.6. The van der Waals surface area contributed by atoms with Gasteiger partial charge in [-0.05, 0) is 43.3 Å². The summed E-state index contributed by atoms with van der Waals surface area (Å²) in [6.45, 7) is 1.56. The fourth-order valence-electron chi connectivity index (χ4n) is 2.77. The zero-order valence-electron chi connectivity index (χ0n) is 16.1. The van der Waals surface area contributed by atoms with Gasteiger partial charge >= 0.3 is 0 Å². The molecule has 3 aromatic carbocycles. The highest BCUT2D eigenvalue weighted by atomic mass is 19.1. The lowest BCUT2D eigenvalue weighted by Gasteiger charge is -2.15. The summed E-state index contributed by atoms with van der Waals surface area (Å²) in [7, 11) is 0. The molecule has 6 nitrogen and oxygen atoms in total. The summed E-state index contributed by atoms with van der Waals surface area (Å²) in [4.78, 5) is 16.7. The summed E-state index contributed by atoms with van der Waals surface area (Å²) in [6, 6.07) is 22.4. The standard InChI is InChI=1S/C23H18FN3O3/c1-15(29-20-10-6-5-9-19(20)24)22(28)25-18-13-11-17(12-14-18)23-26-21(27-30-23)16-7-3-2-4-8-16/h2-15H,1H3,(H,25,28). The van der Waals surface area contributed by atoms with E-state index in [0.29, 0.717) is 17.4 Å². The van der Waals surface area contributed by atoms with E-state index < -0.39 is 17.8 Å². The van der Waals surface area contributed by atoms with E-state index in [1.54, 1.807) is 43.3 Å². The van der Waals surface area contributed by atoms with E-state index in [0.717, 1.165) is 11.1 Å². The second-order valence-corrected chi connectivity index (χ2v) is 6.55. The third kappa shape index (κ3) is 4.35. The molecule has 1 heterocycles. The molecule has 7 heteroatoms. The number of ether oxygens (including phenoxy) is 1. The van der Waals surface area contributed by atoms with Crippen molar-refractivity contribution in [2.24, 2.45) is 0 Å². The van der Waals surface area contributed by atoms with Gasteiger partial charge in [0, 0.05) is 16.8 Å². The zero-order chi connectivity index (χ0) is 20.9. The van der Waals surface area contributed by atoms with Crippen LogP contribution in [-0.2, 0) is 4.79 Å². The molecule has 0 aliphatic heterocycles. The van der Waals surface area contributed by atoms with Gasteiger partial charge in [0.25, 0.3) is 11.8 Å². The van der Waals surface area contributed by atoms with Gasteiger partial charge in [-0.3, -0.25) is 4.79 Å². The Kier molecular flexibility index (Phi) is 5.52. The van der Waals surface area contributed by atoms with Crippen LogP contribution in [0.1, 0.15) is 6.92 Å². The number of carbonyl (C=O) groups is 1. The van der Waals surface area contributed by atoms with E-state index >= 15 is 0 Å². The van der Waals surface area contributed by atoms with Gasteiger partial charge in [-0.1, -0.05) is 47.6 Å². The topological polar surface area (TPSA) is 77.2 Å². The number of aromatic nitrogens is 2. The number of carbonyl (C=O) groups excluding carboxylic acids is 1. The van der Waals surface area contributed by atoms with Gasteiger partial charge in [-0.2, -0.15) is 4.98 Å². The highest BCUT2D eigenvalue weighted by Gasteiger charge is 2.17. The Bertz CT molecular complexity index is 1140. The van der Waals surface area contributed by atoms with E-state index in [1.807, 2.05) is 30.3 Å². The maximum Gasteiger partial charge on any atom is 0.265 e. The number of nitrogens with zero attached hydrogens (tertiary/aromatic N) is 2. The molecule has 0 radical (unpaired) electrons. The Balaban J connectivity index is 1.41. The Hall–Kier alpha value is -4.00. The van der Waals surface area contributed by atoms with Gasteiger partial charge in [0.15, 0.2) is 17.7 Å².